The van der Waals surface area contributed by atoms with Crippen molar-refractivity contribution in [3.05, 3.63) is 29.3 Å². The highest BCUT2D eigenvalue weighted by Crippen LogP contribution is 2.50. The third-order valence-corrected chi connectivity index (χ3v) is 8.98. The number of aliphatic hydroxyl groups excluding tert-OH is 3. The molecule has 2 unspecified atom stereocenters. The fraction of sp³-hybridized carbons (Fsp3) is 0.545. The van der Waals surface area contributed by atoms with Gasteiger partial charge in [-0.3, -0.25) is 32.5 Å². The van der Waals surface area contributed by atoms with Crippen molar-refractivity contribution in [1.82, 2.24) is 39.0 Å². The maximum atomic E-state index is 13.3. The molecule has 256 valence electrons. The van der Waals surface area contributed by atoms with Crippen molar-refractivity contribution in [2.45, 2.75) is 55.5 Å². The number of aromatic amines is 1. The van der Waals surface area contributed by atoms with Gasteiger partial charge in [-0.05, 0) is 6.42 Å². The summed E-state index contributed by atoms with van der Waals surface area (Å²) in [6.45, 7) is -1.24. The number of aliphatic hydroxyl groups is 3. The Morgan fingerprint density at radius 3 is 2.47 bits per heavy atom. The second kappa shape index (κ2) is 13.2. The maximum absolute atomic E-state index is 13.3. The van der Waals surface area contributed by atoms with Gasteiger partial charge in [-0.1, -0.05) is 0 Å². The molecule has 0 aromatic carbocycles. The summed E-state index contributed by atoms with van der Waals surface area (Å²) in [7, 11) is -7.20. The highest BCUT2D eigenvalue weighted by Gasteiger charge is 2.51. The summed E-state index contributed by atoms with van der Waals surface area (Å²) < 4.78 is 54.6. The summed E-state index contributed by atoms with van der Waals surface area (Å²) in [5.74, 6) is 0.112. The molecule has 9 N–H and O–H groups in total. The summed E-state index contributed by atoms with van der Waals surface area (Å²) in [6, 6.07) is 0. The number of nitrogens with zero attached hydrogens (tertiary/aromatic N) is 7. The van der Waals surface area contributed by atoms with E-state index in [-0.39, 0.29) is 29.2 Å². The molecule has 0 saturated carbocycles. The number of phosphoric acid groups is 1. The lowest BCUT2D eigenvalue weighted by Gasteiger charge is -2.25. The number of hydrogen-bond donors (Lipinski definition) is 8. The van der Waals surface area contributed by atoms with Gasteiger partial charge in [0.2, 0.25) is 5.95 Å². The molecule has 2 fully saturated rings. The Balaban J connectivity index is 1.23. The number of H-pyrrole nitrogens is 1. The first-order valence-electron chi connectivity index (χ1n) is 13.8. The van der Waals surface area contributed by atoms with Crippen LogP contribution in [-0.2, 0) is 32.2 Å². The molecule has 0 aliphatic carbocycles. The average molecular weight is 704 g/mol. The van der Waals surface area contributed by atoms with E-state index in [0.29, 0.717) is 11.3 Å². The van der Waals surface area contributed by atoms with Crippen molar-refractivity contribution < 1.29 is 57.3 Å². The van der Waals surface area contributed by atoms with E-state index in [1.165, 1.54) is 17.2 Å². The Kier molecular flexibility index (Phi) is 9.41. The van der Waals surface area contributed by atoms with Crippen molar-refractivity contribution in [2.24, 2.45) is 0 Å². The first-order chi connectivity index (χ1) is 22.4. The third kappa shape index (κ3) is 6.40. The number of phosphoric ester groups is 1. The van der Waals surface area contributed by atoms with Crippen LogP contribution >= 0.6 is 16.1 Å². The summed E-state index contributed by atoms with van der Waals surface area (Å²) >= 11 is 0. The summed E-state index contributed by atoms with van der Waals surface area (Å²) in [4.78, 5) is 55.2. The number of anilines is 2. The number of aromatic nitrogens is 8. The number of fused-ring (bicyclic) bond motifs is 2. The lowest BCUT2D eigenvalue weighted by molar-refractivity contribution is -0.0593. The average Bonchev–Trinajstić information content (AvgIpc) is 3.78. The van der Waals surface area contributed by atoms with Crippen molar-refractivity contribution in [1.29, 1.82) is 0 Å². The Morgan fingerprint density at radius 2 is 1.77 bits per heavy atom. The molecule has 23 nitrogen and oxygen atoms in total. The number of nitrogens with two attached hydrogens (primary N) is 1. The Hall–Kier alpha value is -3.44. The van der Waals surface area contributed by atoms with E-state index in [9.17, 15) is 39.0 Å². The van der Waals surface area contributed by atoms with E-state index in [1.807, 2.05) is 0 Å². The molecule has 0 radical (unpaired) electrons. The zero-order valence-electron chi connectivity index (χ0n) is 24.1. The van der Waals surface area contributed by atoms with E-state index in [1.54, 1.807) is 7.05 Å². The Labute approximate surface area is 262 Å². The molecule has 0 amide bonds. The van der Waals surface area contributed by atoms with E-state index in [0.717, 1.165) is 10.9 Å². The fourth-order valence-electron chi connectivity index (χ4n) is 5.47. The van der Waals surface area contributed by atoms with Crippen molar-refractivity contribution in [3.63, 3.8) is 0 Å². The Bertz CT molecular complexity index is 1890. The van der Waals surface area contributed by atoms with Gasteiger partial charge in [0.15, 0.2) is 35.1 Å². The number of rotatable bonds is 12. The number of hydrogen-bond acceptors (Lipinski definition) is 18. The lowest BCUT2D eigenvalue weighted by atomic mass is 10.1. The zero-order valence-corrected chi connectivity index (χ0v) is 26.0. The molecule has 2 aliphatic rings. The predicted molar refractivity (Wildman–Crippen MR) is 156 cm³/mol. The molecular weight excluding hydrogens is 674 g/mol. The highest BCUT2D eigenvalue weighted by molar-refractivity contribution is 7.47. The molecule has 4 aromatic rings. The molecular formula is C22H30N10O13P2. The van der Waals surface area contributed by atoms with Gasteiger partial charge in [0.25, 0.3) is 5.56 Å². The van der Waals surface area contributed by atoms with Crippen LogP contribution in [0.4, 0.5) is 11.8 Å². The molecule has 6 heterocycles. The first kappa shape index (κ1) is 33.5. The van der Waals surface area contributed by atoms with Gasteiger partial charge >= 0.3 is 16.1 Å². The molecule has 2 saturated heterocycles. The smallest absolute Gasteiger partial charge is 0.396 e. The van der Waals surface area contributed by atoms with Crippen molar-refractivity contribution >= 4 is 50.2 Å². The Morgan fingerprint density at radius 1 is 1.06 bits per heavy atom. The molecule has 47 heavy (non-hydrogen) atoms. The van der Waals surface area contributed by atoms with Gasteiger partial charge in [-0.2, -0.15) is 4.98 Å². The van der Waals surface area contributed by atoms with Crippen LogP contribution in [-0.4, -0.2) is 121 Å². The van der Waals surface area contributed by atoms with Gasteiger partial charge in [-0.25, -0.2) is 24.5 Å². The summed E-state index contributed by atoms with van der Waals surface area (Å²) in [5.41, 5.74) is 5.30. The van der Waals surface area contributed by atoms with Crippen LogP contribution in [0.1, 0.15) is 18.9 Å². The molecule has 4 aromatic heterocycles. The number of nitrogens with one attached hydrogen (secondary N) is 2. The van der Waals surface area contributed by atoms with Crippen molar-refractivity contribution in [2.75, 3.05) is 31.3 Å². The van der Waals surface area contributed by atoms with Crippen LogP contribution in [0.15, 0.2) is 23.8 Å². The maximum Gasteiger partial charge on any atom is 0.472 e. The topological polar surface area (TPSA) is 327 Å². The minimum atomic E-state index is -5.15. The standard InChI is InChI=1S/C22H30N10O13P2/c1-24-16-10-17(26-5-25-16)31(6-27-10)20-13(35)14(44-46(37)38)9(43-20)4-41-47(39,40)45-15-12(34)8(2-3-33)42-21(15)32-7-28-11-18(32)29-22(23)30-19(11)36/h5-9,12-15,20-21,33-35,46H,2-4H2,1H3,(H,37,38)(H,39,40)(H,24,25,26)(H3,23,29,30,36)/t8-,9-,12-,13-,14-,15-,20-,21-/m1/s1. The highest BCUT2D eigenvalue weighted by atomic mass is 31.2. The van der Waals surface area contributed by atoms with E-state index in [4.69, 9.17) is 28.8 Å². The minimum Gasteiger partial charge on any atom is -0.396 e. The number of ether oxygens (including phenoxy) is 2. The van der Waals surface area contributed by atoms with Gasteiger partial charge < -0.3 is 50.2 Å². The summed E-state index contributed by atoms with van der Waals surface area (Å²) in [5, 5.41) is 34.3. The quantitative estimate of drug-likeness (QED) is 0.0722. The minimum absolute atomic E-state index is 0.0897. The molecule has 25 heteroatoms. The lowest BCUT2D eigenvalue weighted by Crippen LogP contribution is -2.36. The molecule has 10 atom stereocenters. The second-order valence-corrected chi connectivity index (χ2v) is 12.6. The molecule has 0 bridgehead atoms. The second-order valence-electron chi connectivity index (χ2n) is 10.4. The first-order valence-corrected chi connectivity index (χ1v) is 16.6. The number of imidazole rings is 2. The van der Waals surface area contributed by atoms with Crippen LogP contribution < -0.4 is 16.6 Å². The van der Waals surface area contributed by atoms with Crippen LogP contribution in [0.2, 0.25) is 0 Å². The van der Waals surface area contributed by atoms with E-state index in [2.05, 4.69) is 35.2 Å². The van der Waals surface area contributed by atoms with Gasteiger partial charge in [0.05, 0.1) is 25.4 Å². The van der Waals surface area contributed by atoms with Gasteiger partial charge in [0, 0.05) is 13.7 Å². The normalized spacial score (nSPS) is 29.8. The van der Waals surface area contributed by atoms with Gasteiger partial charge in [0.1, 0.15) is 42.4 Å². The SMILES string of the molecule is CNc1ncnc2c1ncn2[C@@H]1O[C@H](COP(=O)(O)O[C@@H]2[C@H](O)[C@@H](CCO)O[C@H]2n2cnc3c(=O)[nH]c(N)nc32)[C@@H](O[PH](=O)O)[C@H]1O. The molecule has 2 aliphatic heterocycles. The molecule has 0 spiro atoms. The fourth-order valence-corrected chi connectivity index (χ4v) is 6.93. The van der Waals surface area contributed by atoms with Crippen LogP contribution in [0, 0.1) is 0 Å². The van der Waals surface area contributed by atoms with Crippen molar-refractivity contribution in [3.8, 4) is 0 Å². The third-order valence-electron chi connectivity index (χ3n) is 7.52. The zero-order chi connectivity index (χ0) is 33.6. The van der Waals surface area contributed by atoms with Crippen LogP contribution in [0.25, 0.3) is 22.3 Å². The monoisotopic (exact) mass is 704 g/mol. The predicted octanol–water partition coefficient (Wildman–Crippen LogP) is -2.25. The van der Waals surface area contributed by atoms with Gasteiger partial charge in [-0.15, -0.1) is 0 Å². The van der Waals surface area contributed by atoms with E-state index < -0.39 is 83.9 Å². The number of nitrogen functional groups attached to an aromatic ring is 1. The van der Waals surface area contributed by atoms with Crippen LogP contribution in [0.3, 0.4) is 0 Å². The summed E-state index contributed by atoms with van der Waals surface area (Å²) in [6.07, 6.45) is -8.06. The van der Waals surface area contributed by atoms with Crippen LogP contribution in [0.5, 0.6) is 0 Å². The largest absolute Gasteiger partial charge is 0.472 e. The van der Waals surface area contributed by atoms with E-state index >= 15 is 0 Å². The molecule has 6 rings (SSSR count).